The van der Waals surface area contributed by atoms with Crippen LogP contribution in [0.25, 0.3) is 0 Å². The van der Waals surface area contributed by atoms with E-state index in [-0.39, 0.29) is 19.2 Å². The zero-order valence-electron chi connectivity index (χ0n) is 8.98. The third kappa shape index (κ3) is 5.22. The molecule has 1 fully saturated rings. The molecule has 0 aliphatic carbocycles. The summed E-state index contributed by atoms with van der Waals surface area (Å²) in [5.41, 5.74) is 0. The van der Waals surface area contributed by atoms with Gasteiger partial charge in [0, 0.05) is 31.1 Å². The molecule has 0 saturated carbocycles. The minimum absolute atomic E-state index is 0.0979. The number of nitrogens with one attached hydrogen (secondary N) is 1. The second-order valence-electron chi connectivity index (χ2n) is 3.28. The molecule has 1 aliphatic heterocycles. The Kier molecular flexibility index (Phi) is 6.02. The topological polar surface area (TPSA) is 78.9 Å². The fourth-order valence-corrected chi connectivity index (χ4v) is 2.17. The summed E-state index contributed by atoms with van der Waals surface area (Å²) < 4.78 is 4.80. The normalized spacial score (nSPS) is 15.9. The van der Waals surface area contributed by atoms with Crippen molar-refractivity contribution in [2.45, 2.75) is 0 Å². The molecule has 0 bridgehead atoms. The third-order valence-electron chi connectivity index (χ3n) is 2.05. The van der Waals surface area contributed by atoms with E-state index in [1.165, 1.54) is 0 Å². The molecule has 1 aliphatic rings. The quantitative estimate of drug-likeness (QED) is 0.661. The number of nitrogens with zero attached hydrogens (tertiary/aromatic N) is 1. The van der Waals surface area contributed by atoms with Crippen LogP contribution in [0.4, 0.5) is 4.79 Å². The van der Waals surface area contributed by atoms with Gasteiger partial charge in [-0.3, -0.25) is 0 Å². The molecule has 7 heteroatoms. The van der Waals surface area contributed by atoms with Gasteiger partial charge < -0.3 is 20.1 Å². The van der Waals surface area contributed by atoms with Gasteiger partial charge in [0.15, 0.2) is 0 Å². The van der Waals surface area contributed by atoms with E-state index >= 15 is 0 Å². The fraction of sp³-hybridized carbons (Fsp3) is 0.778. The second kappa shape index (κ2) is 7.34. The maximum Gasteiger partial charge on any atom is 0.329 e. The summed E-state index contributed by atoms with van der Waals surface area (Å²) in [5.74, 6) is 0.950. The summed E-state index contributed by atoms with van der Waals surface area (Å²) in [6, 6.07) is -0.0979. The molecule has 1 saturated heterocycles. The molecule has 0 atom stereocenters. The van der Waals surface area contributed by atoms with Crippen LogP contribution < -0.4 is 5.32 Å². The van der Waals surface area contributed by atoms with E-state index in [9.17, 15) is 9.59 Å². The average Bonchev–Trinajstić information content (AvgIpc) is 2.29. The van der Waals surface area contributed by atoms with Gasteiger partial charge >= 0.3 is 12.0 Å². The van der Waals surface area contributed by atoms with E-state index in [4.69, 9.17) is 9.84 Å². The largest absolute Gasteiger partial charge is 0.480 e. The van der Waals surface area contributed by atoms with Crippen LogP contribution in [0, 0.1) is 0 Å². The Labute approximate surface area is 98.3 Å². The summed E-state index contributed by atoms with van der Waals surface area (Å²) in [6.45, 7) is 1.78. The predicted molar refractivity (Wildman–Crippen MR) is 60.8 cm³/mol. The highest BCUT2D eigenvalue weighted by molar-refractivity contribution is 7.99. The van der Waals surface area contributed by atoms with Crippen molar-refractivity contribution in [3.63, 3.8) is 0 Å². The van der Waals surface area contributed by atoms with Gasteiger partial charge in [0.1, 0.15) is 6.61 Å². The molecular formula is C9H16N2O4S. The molecule has 1 rings (SSSR count). The highest BCUT2D eigenvalue weighted by Gasteiger charge is 2.15. The number of hydrogen-bond acceptors (Lipinski definition) is 4. The van der Waals surface area contributed by atoms with E-state index in [0.717, 1.165) is 24.6 Å². The van der Waals surface area contributed by atoms with E-state index in [1.54, 1.807) is 4.90 Å². The zero-order chi connectivity index (χ0) is 11.8. The molecule has 6 nitrogen and oxygen atoms in total. The van der Waals surface area contributed by atoms with Crippen molar-refractivity contribution in [2.75, 3.05) is 44.4 Å². The Bertz CT molecular complexity index is 244. The highest BCUT2D eigenvalue weighted by atomic mass is 32.2. The molecule has 0 aromatic rings. The highest BCUT2D eigenvalue weighted by Crippen LogP contribution is 2.08. The van der Waals surface area contributed by atoms with Crippen molar-refractivity contribution in [1.29, 1.82) is 0 Å². The molecule has 0 radical (unpaired) electrons. The van der Waals surface area contributed by atoms with Gasteiger partial charge in [0.25, 0.3) is 0 Å². The molecule has 1 heterocycles. The van der Waals surface area contributed by atoms with E-state index in [0.29, 0.717) is 6.54 Å². The Balaban J connectivity index is 2.03. The van der Waals surface area contributed by atoms with Crippen molar-refractivity contribution in [1.82, 2.24) is 10.2 Å². The van der Waals surface area contributed by atoms with Crippen LogP contribution in [0.5, 0.6) is 0 Å². The molecule has 0 spiro atoms. The number of carboxylic acids is 1. The van der Waals surface area contributed by atoms with Crippen LogP contribution >= 0.6 is 11.8 Å². The smallest absolute Gasteiger partial charge is 0.329 e. The summed E-state index contributed by atoms with van der Waals surface area (Å²) in [5, 5.41) is 11.0. The lowest BCUT2D eigenvalue weighted by atomic mass is 10.5. The van der Waals surface area contributed by atoms with Crippen molar-refractivity contribution < 1.29 is 19.4 Å². The van der Waals surface area contributed by atoms with E-state index in [2.05, 4.69) is 5.32 Å². The van der Waals surface area contributed by atoms with Gasteiger partial charge in [-0.15, -0.1) is 0 Å². The maximum absolute atomic E-state index is 11.5. The fourth-order valence-electron chi connectivity index (χ4n) is 1.27. The van der Waals surface area contributed by atoms with Gasteiger partial charge in [0.05, 0.1) is 6.61 Å². The van der Waals surface area contributed by atoms with Crippen molar-refractivity contribution in [3.05, 3.63) is 0 Å². The number of amides is 2. The van der Waals surface area contributed by atoms with E-state index < -0.39 is 5.97 Å². The molecular weight excluding hydrogens is 232 g/mol. The van der Waals surface area contributed by atoms with Crippen molar-refractivity contribution >= 4 is 23.8 Å². The first-order valence-corrected chi connectivity index (χ1v) is 6.25. The Morgan fingerprint density at radius 2 is 2.06 bits per heavy atom. The number of thioether (sulfide) groups is 1. The third-order valence-corrected chi connectivity index (χ3v) is 2.99. The van der Waals surface area contributed by atoms with Crippen LogP contribution in [-0.4, -0.2) is 66.4 Å². The summed E-state index contributed by atoms with van der Waals surface area (Å²) in [6.07, 6.45) is 0. The number of carbonyl (C=O) groups excluding carboxylic acids is 1. The lowest BCUT2D eigenvalue weighted by Crippen LogP contribution is -2.45. The van der Waals surface area contributed by atoms with Gasteiger partial charge in [-0.2, -0.15) is 11.8 Å². The number of ether oxygens (including phenoxy) is 1. The van der Waals surface area contributed by atoms with Crippen LogP contribution in [0.2, 0.25) is 0 Å². The average molecular weight is 248 g/mol. The van der Waals surface area contributed by atoms with Crippen LogP contribution in [-0.2, 0) is 9.53 Å². The van der Waals surface area contributed by atoms with Gasteiger partial charge in [-0.25, -0.2) is 9.59 Å². The molecule has 0 aromatic carbocycles. The number of urea groups is 1. The number of hydrogen-bond donors (Lipinski definition) is 2. The van der Waals surface area contributed by atoms with Crippen LogP contribution in [0.15, 0.2) is 0 Å². The first-order valence-electron chi connectivity index (χ1n) is 5.10. The Morgan fingerprint density at radius 3 is 2.69 bits per heavy atom. The number of rotatable bonds is 5. The molecule has 0 unspecified atom stereocenters. The summed E-state index contributed by atoms with van der Waals surface area (Å²) in [7, 11) is 0. The lowest BCUT2D eigenvalue weighted by Gasteiger charge is -2.26. The van der Waals surface area contributed by atoms with Crippen molar-refractivity contribution in [3.8, 4) is 0 Å². The number of aliphatic carboxylic acids is 1. The lowest BCUT2D eigenvalue weighted by molar-refractivity contribution is -0.142. The van der Waals surface area contributed by atoms with Gasteiger partial charge in [0.2, 0.25) is 0 Å². The Hall–Kier alpha value is -0.950. The molecule has 16 heavy (non-hydrogen) atoms. The zero-order valence-corrected chi connectivity index (χ0v) is 9.79. The molecule has 2 N–H and O–H groups in total. The molecule has 2 amide bonds. The van der Waals surface area contributed by atoms with E-state index in [1.807, 2.05) is 11.8 Å². The molecule has 92 valence electrons. The summed E-state index contributed by atoms with van der Waals surface area (Å²) >= 11 is 1.84. The predicted octanol–water partition coefficient (Wildman–Crippen LogP) is -0.154. The standard InChI is InChI=1S/C9H16N2O4S/c12-8(13)7-15-4-1-10-9(14)11-2-5-16-6-3-11/h1-7H2,(H,10,14)(H,12,13). The first-order chi connectivity index (χ1) is 7.70. The minimum atomic E-state index is -1.00. The maximum atomic E-state index is 11.5. The minimum Gasteiger partial charge on any atom is -0.480 e. The van der Waals surface area contributed by atoms with Crippen LogP contribution in [0.1, 0.15) is 0 Å². The number of carbonyl (C=O) groups is 2. The second-order valence-corrected chi connectivity index (χ2v) is 4.50. The summed E-state index contributed by atoms with van der Waals surface area (Å²) in [4.78, 5) is 23.4. The first kappa shape index (κ1) is 13.1. The van der Waals surface area contributed by atoms with Crippen LogP contribution in [0.3, 0.4) is 0 Å². The van der Waals surface area contributed by atoms with Gasteiger partial charge in [-0.05, 0) is 0 Å². The SMILES string of the molecule is O=C(O)COCCNC(=O)N1CCSCC1. The monoisotopic (exact) mass is 248 g/mol. The Morgan fingerprint density at radius 1 is 1.38 bits per heavy atom. The number of carboxylic acid groups (broad SMARTS) is 1. The molecule has 0 aromatic heterocycles. The van der Waals surface area contributed by atoms with Gasteiger partial charge in [-0.1, -0.05) is 0 Å². The van der Waals surface area contributed by atoms with Crippen molar-refractivity contribution in [2.24, 2.45) is 0 Å².